The molecule has 0 aromatic carbocycles. The third kappa shape index (κ3) is 1.48. The zero-order valence-electron chi connectivity index (χ0n) is 7.03. The van der Waals surface area contributed by atoms with Crippen molar-refractivity contribution in [2.45, 2.75) is 12.8 Å². The van der Waals surface area contributed by atoms with Crippen LogP contribution in [0, 0.1) is 0 Å². The van der Waals surface area contributed by atoms with Crippen LogP contribution < -0.4 is 0 Å². The lowest BCUT2D eigenvalue weighted by atomic mass is 9.96. The summed E-state index contributed by atoms with van der Waals surface area (Å²) in [5.74, 6) is 0. The van der Waals surface area contributed by atoms with Gasteiger partial charge in [-0.1, -0.05) is 48.6 Å². The van der Waals surface area contributed by atoms with Gasteiger partial charge < -0.3 is 0 Å². The van der Waals surface area contributed by atoms with Gasteiger partial charge in [0.05, 0.1) is 0 Å². The molecule has 0 aromatic heterocycles. The zero-order valence-corrected chi connectivity index (χ0v) is 7.03. The van der Waals surface area contributed by atoms with Gasteiger partial charge in [0.25, 0.3) is 0 Å². The van der Waals surface area contributed by atoms with Gasteiger partial charge in [-0.3, -0.25) is 0 Å². The Bertz CT molecular complexity index is 277. The van der Waals surface area contributed by atoms with Crippen LogP contribution >= 0.6 is 0 Å². The molecule has 0 spiro atoms. The van der Waals surface area contributed by atoms with Crippen LogP contribution in [0.1, 0.15) is 12.8 Å². The van der Waals surface area contributed by atoms with E-state index in [1.807, 2.05) is 0 Å². The van der Waals surface area contributed by atoms with E-state index in [1.165, 1.54) is 11.1 Å². The lowest BCUT2D eigenvalue weighted by Crippen LogP contribution is -1.89. The van der Waals surface area contributed by atoms with Crippen molar-refractivity contribution in [2.24, 2.45) is 0 Å². The predicted molar refractivity (Wildman–Crippen MR) is 52.8 cm³/mol. The van der Waals surface area contributed by atoms with Gasteiger partial charge in [0.1, 0.15) is 0 Å². The summed E-state index contributed by atoms with van der Waals surface area (Å²) in [5, 5.41) is 0. The van der Waals surface area contributed by atoms with Crippen LogP contribution in [0.25, 0.3) is 0 Å². The Morgan fingerprint density at radius 1 is 0.667 bits per heavy atom. The Hall–Kier alpha value is -1.30. The van der Waals surface area contributed by atoms with Gasteiger partial charge in [-0.15, -0.1) is 0 Å². The lowest BCUT2D eigenvalue weighted by Gasteiger charge is -2.09. The summed E-state index contributed by atoms with van der Waals surface area (Å²) in [6, 6.07) is 0. The van der Waals surface area contributed by atoms with Gasteiger partial charge >= 0.3 is 0 Å². The minimum atomic E-state index is 1.09. The van der Waals surface area contributed by atoms with Crippen molar-refractivity contribution in [3.05, 3.63) is 59.8 Å². The van der Waals surface area contributed by atoms with Crippen molar-refractivity contribution in [2.75, 3.05) is 0 Å². The molecule has 0 heterocycles. The summed E-state index contributed by atoms with van der Waals surface area (Å²) < 4.78 is 0. The topological polar surface area (TPSA) is 0 Å². The Morgan fingerprint density at radius 3 is 1.50 bits per heavy atom. The second-order valence-electron chi connectivity index (χ2n) is 3.03. The number of hydrogen-bond donors (Lipinski definition) is 0. The fourth-order valence-corrected chi connectivity index (χ4v) is 1.50. The van der Waals surface area contributed by atoms with Crippen LogP contribution in [0.5, 0.6) is 0 Å². The normalized spacial score (nSPS) is 26.7. The molecule has 0 N–H and O–H groups in total. The van der Waals surface area contributed by atoms with E-state index in [0.29, 0.717) is 0 Å². The van der Waals surface area contributed by atoms with Crippen LogP contribution in [0.2, 0.25) is 0 Å². The van der Waals surface area contributed by atoms with Crippen molar-refractivity contribution >= 4 is 0 Å². The molecular weight excluding hydrogens is 144 g/mol. The van der Waals surface area contributed by atoms with E-state index in [4.69, 9.17) is 0 Å². The third-order valence-electron chi connectivity index (χ3n) is 2.18. The van der Waals surface area contributed by atoms with E-state index in [0.717, 1.165) is 12.8 Å². The van der Waals surface area contributed by atoms with Gasteiger partial charge in [-0.05, 0) is 24.0 Å². The quantitative estimate of drug-likeness (QED) is 0.504. The van der Waals surface area contributed by atoms with Crippen LogP contribution in [-0.2, 0) is 0 Å². The summed E-state index contributed by atoms with van der Waals surface area (Å²) >= 11 is 0. The van der Waals surface area contributed by atoms with Gasteiger partial charge in [-0.25, -0.2) is 0 Å². The molecule has 0 saturated carbocycles. The number of allylic oxidation sites excluding steroid dienone is 10. The number of rotatable bonds is 0. The molecule has 2 aliphatic rings. The highest BCUT2D eigenvalue weighted by molar-refractivity contribution is 5.42. The highest BCUT2D eigenvalue weighted by atomic mass is 14.1. The van der Waals surface area contributed by atoms with Crippen molar-refractivity contribution < 1.29 is 0 Å². The van der Waals surface area contributed by atoms with E-state index in [9.17, 15) is 0 Å². The third-order valence-corrected chi connectivity index (χ3v) is 2.18. The summed E-state index contributed by atoms with van der Waals surface area (Å²) in [6.07, 6.45) is 19.4. The molecule has 0 bridgehead atoms. The van der Waals surface area contributed by atoms with Crippen LogP contribution in [0.15, 0.2) is 59.8 Å². The van der Waals surface area contributed by atoms with Crippen LogP contribution in [0.3, 0.4) is 0 Å². The van der Waals surface area contributed by atoms with Crippen molar-refractivity contribution in [3.8, 4) is 0 Å². The maximum Gasteiger partial charge on any atom is -0.00915 e. The molecule has 0 fully saturated rings. The van der Waals surface area contributed by atoms with Gasteiger partial charge in [0.15, 0.2) is 0 Å². The Morgan fingerprint density at radius 2 is 1.17 bits per heavy atom. The minimum Gasteiger partial charge on any atom is -0.0801 e. The molecule has 0 amide bonds. The first-order chi connectivity index (χ1) is 5.97. The Balaban J connectivity index is 2.25. The average Bonchev–Trinajstić information content (AvgIpc) is 2.21. The fraction of sp³-hybridized carbons (Fsp3) is 0.167. The van der Waals surface area contributed by atoms with E-state index < -0.39 is 0 Å². The molecule has 0 nitrogen and oxygen atoms in total. The summed E-state index contributed by atoms with van der Waals surface area (Å²) in [6.45, 7) is 0. The first-order valence-electron chi connectivity index (χ1n) is 4.35. The number of hydrogen-bond acceptors (Lipinski definition) is 0. The Kier molecular flexibility index (Phi) is 2.08. The highest BCUT2D eigenvalue weighted by Crippen LogP contribution is 2.21. The smallest absolute Gasteiger partial charge is 0.00915 e. The molecule has 0 unspecified atom stereocenters. The minimum absolute atomic E-state index is 1.09. The average molecular weight is 156 g/mol. The van der Waals surface area contributed by atoms with E-state index in [-0.39, 0.29) is 0 Å². The van der Waals surface area contributed by atoms with Gasteiger partial charge in [0.2, 0.25) is 0 Å². The first kappa shape index (κ1) is 7.35. The SMILES string of the molecule is C1=CC/C(=C2\C=CC=CC2)C=C1. The predicted octanol–water partition coefficient (Wildman–Crippen LogP) is 3.32. The monoisotopic (exact) mass is 156 g/mol. The van der Waals surface area contributed by atoms with Gasteiger partial charge in [-0.2, -0.15) is 0 Å². The largest absolute Gasteiger partial charge is 0.0801 e. The maximum atomic E-state index is 2.21. The molecule has 0 atom stereocenters. The van der Waals surface area contributed by atoms with Crippen LogP contribution in [-0.4, -0.2) is 0 Å². The van der Waals surface area contributed by atoms with Crippen molar-refractivity contribution in [1.82, 2.24) is 0 Å². The fourth-order valence-electron chi connectivity index (χ4n) is 1.50. The molecule has 0 radical (unpaired) electrons. The second-order valence-corrected chi connectivity index (χ2v) is 3.03. The van der Waals surface area contributed by atoms with E-state index in [1.54, 1.807) is 0 Å². The standard InChI is InChI=1S/C12H12/c1-3-7-11(8-4-1)12-9-5-2-6-10-12/h1-7,9H,8,10H2/b12-11+. The highest BCUT2D eigenvalue weighted by Gasteiger charge is 2.01. The molecule has 60 valence electrons. The molecule has 0 saturated heterocycles. The maximum absolute atomic E-state index is 2.21. The molecule has 12 heavy (non-hydrogen) atoms. The summed E-state index contributed by atoms with van der Waals surface area (Å²) in [7, 11) is 0. The lowest BCUT2D eigenvalue weighted by molar-refractivity contribution is 1.15. The van der Waals surface area contributed by atoms with Crippen LogP contribution in [0.4, 0.5) is 0 Å². The molecule has 2 aliphatic carbocycles. The van der Waals surface area contributed by atoms with E-state index >= 15 is 0 Å². The molecule has 2 rings (SSSR count). The summed E-state index contributed by atoms with van der Waals surface area (Å²) in [4.78, 5) is 0. The Labute approximate surface area is 73.3 Å². The van der Waals surface area contributed by atoms with Gasteiger partial charge in [0, 0.05) is 0 Å². The first-order valence-corrected chi connectivity index (χ1v) is 4.35. The molecule has 0 aromatic rings. The van der Waals surface area contributed by atoms with Crippen molar-refractivity contribution in [3.63, 3.8) is 0 Å². The molecular formula is C12H12. The molecule has 0 heteroatoms. The summed E-state index contributed by atoms with van der Waals surface area (Å²) in [5.41, 5.74) is 2.91. The molecule has 0 aliphatic heterocycles. The second kappa shape index (κ2) is 3.40. The van der Waals surface area contributed by atoms with E-state index in [2.05, 4.69) is 48.6 Å². The zero-order chi connectivity index (χ0) is 8.23. The van der Waals surface area contributed by atoms with Crippen molar-refractivity contribution in [1.29, 1.82) is 0 Å².